The summed E-state index contributed by atoms with van der Waals surface area (Å²) in [7, 11) is 0. The van der Waals surface area contributed by atoms with E-state index in [4.69, 9.17) is 5.73 Å². The quantitative estimate of drug-likeness (QED) is 0.846. The number of nitrogens with one attached hydrogen (secondary N) is 1. The highest BCUT2D eigenvalue weighted by atomic mass is 19.1. The van der Waals surface area contributed by atoms with Crippen LogP contribution in [0.3, 0.4) is 0 Å². The molecular formula is C23H31FN2O. The first-order chi connectivity index (χ1) is 13.0. The van der Waals surface area contributed by atoms with Crippen LogP contribution in [0.4, 0.5) is 4.39 Å². The van der Waals surface area contributed by atoms with E-state index >= 15 is 0 Å². The Hall–Kier alpha value is -1.42. The maximum absolute atomic E-state index is 14.6. The summed E-state index contributed by atoms with van der Waals surface area (Å²) in [5.74, 6) is 0.620. The van der Waals surface area contributed by atoms with Gasteiger partial charge in [0, 0.05) is 17.5 Å². The number of alkyl halides is 1. The van der Waals surface area contributed by atoms with Crippen molar-refractivity contribution in [3.8, 4) is 0 Å². The van der Waals surface area contributed by atoms with Crippen molar-refractivity contribution in [1.29, 1.82) is 0 Å². The Labute approximate surface area is 161 Å². The van der Waals surface area contributed by atoms with Crippen LogP contribution in [0.25, 0.3) is 0 Å². The molecule has 5 fully saturated rings. The molecule has 5 saturated carbocycles. The third-order valence-corrected chi connectivity index (χ3v) is 8.51. The first-order valence-electron chi connectivity index (χ1n) is 10.7. The fourth-order valence-corrected chi connectivity index (χ4v) is 7.50. The van der Waals surface area contributed by atoms with E-state index in [-0.39, 0.29) is 30.1 Å². The zero-order valence-corrected chi connectivity index (χ0v) is 16.1. The van der Waals surface area contributed by atoms with Crippen molar-refractivity contribution < 1.29 is 9.18 Å². The van der Waals surface area contributed by atoms with Gasteiger partial charge in [-0.15, -0.1) is 0 Å². The van der Waals surface area contributed by atoms with E-state index in [1.807, 2.05) is 6.07 Å². The Balaban J connectivity index is 1.45. The van der Waals surface area contributed by atoms with Crippen molar-refractivity contribution in [2.75, 3.05) is 6.67 Å². The van der Waals surface area contributed by atoms with Crippen molar-refractivity contribution in [3.63, 3.8) is 0 Å². The molecule has 1 amide bonds. The molecule has 4 heteroatoms. The van der Waals surface area contributed by atoms with Gasteiger partial charge in [0.25, 0.3) is 0 Å². The monoisotopic (exact) mass is 370 g/mol. The number of nitrogens with two attached hydrogens (primary N) is 1. The molecule has 0 aliphatic heterocycles. The van der Waals surface area contributed by atoms with Gasteiger partial charge in [0.1, 0.15) is 0 Å². The number of carbonyl (C=O) groups excluding carboxylic acids is 1. The van der Waals surface area contributed by atoms with Crippen LogP contribution in [0.15, 0.2) is 30.3 Å². The summed E-state index contributed by atoms with van der Waals surface area (Å²) in [5.41, 5.74) is 6.35. The van der Waals surface area contributed by atoms with Crippen LogP contribution in [0, 0.1) is 16.7 Å². The average molecular weight is 371 g/mol. The lowest BCUT2D eigenvalue weighted by molar-refractivity contribution is -0.138. The lowest BCUT2D eigenvalue weighted by Crippen LogP contribution is -2.52. The Kier molecular flexibility index (Phi) is 3.95. The summed E-state index contributed by atoms with van der Waals surface area (Å²) in [6.45, 7) is -0.360. The Morgan fingerprint density at radius 2 is 1.81 bits per heavy atom. The van der Waals surface area contributed by atoms with Crippen molar-refractivity contribution in [1.82, 2.24) is 5.32 Å². The number of hydrogen-bond donors (Lipinski definition) is 2. The zero-order chi connectivity index (χ0) is 18.7. The molecule has 6 rings (SSSR count). The van der Waals surface area contributed by atoms with Crippen LogP contribution >= 0.6 is 0 Å². The fourth-order valence-electron chi connectivity index (χ4n) is 7.50. The van der Waals surface area contributed by atoms with Crippen molar-refractivity contribution in [2.45, 2.75) is 75.3 Å². The molecule has 3 nitrogen and oxygen atoms in total. The molecule has 5 aliphatic carbocycles. The third kappa shape index (κ3) is 2.45. The topological polar surface area (TPSA) is 55.1 Å². The summed E-state index contributed by atoms with van der Waals surface area (Å²) >= 11 is 0. The van der Waals surface area contributed by atoms with Gasteiger partial charge >= 0.3 is 0 Å². The minimum absolute atomic E-state index is 0.0131. The highest BCUT2D eigenvalue weighted by Gasteiger charge is 2.74. The van der Waals surface area contributed by atoms with Gasteiger partial charge in [0.2, 0.25) is 5.91 Å². The SMILES string of the molecule is N[C@H]1CC[C@@H](NC(=O)C23CC4C[C@](c5ccccc5)(C2)C[C@@]3(CF)C4)CC1. The van der Waals surface area contributed by atoms with Gasteiger partial charge in [-0.3, -0.25) is 9.18 Å². The van der Waals surface area contributed by atoms with Gasteiger partial charge in [-0.05, 0) is 74.7 Å². The lowest BCUT2D eigenvalue weighted by atomic mass is 9.63. The highest BCUT2D eigenvalue weighted by Crippen LogP contribution is 2.76. The molecule has 1 aromatic carbocycles. The van der Waals surface area contributed by atoms with E-state index in [9.17, 15) is 9.18 Å². The van der Waals surface area contributed by atoms with Crippen LogP contribution in [-0.2, 0) is 10.2 Å². The number of carbonyl (C=O) groups is 1. The second-order valence-corrected chi connectivity index (χ2v) is 10.1. The van der Waals surface area contributed by atoms with Crippen molar-refractivity contribution >= 4 is 5.91 Å². The van der Waals surface area contributed by atoms with E-state index in [0.717, 1.165) is 57.8 Å². The zero-order valence-electron chi connectivity index (χ0n) is 16.1. The highest BCUT2D eigenvalue weighted by molar-refractivity contribution is 5.86. The predicted octanol–water partition coefficient (Wildman–Crippen LogP) is 3.86. The maximum atomic E-state index is 14.6. The molecule has 2 unspecified atom stereocenters. The van der Waals surface area contributed by atoms with Crippen LogP contribution in [0.1, 0.15) is 63.4 Å². The van der Waals surface area contributed by atoms with Crippen molar-refractivity contribution in [2.24, 2.45) is 22.5 Å². The largest absolute Gasteiger partial charge is 0.353 e. The molecule has 0 heterocycles. The van der Waals surface area contributed by atoms with Crippen molar-refractivity contribution in [3.05, 3.63) is 35.9 Å². The van der Waals surface area contributed by atoms with Crippen LogP contribution in [0.2, 0.25) is 0 Å². The van der Waals surface area contributed by atoms with Crippen LogP contribution in [-0.4, -0.2) is 24.7 Å². The summed E-state index contributed by atoms with van der Waals surface area (Å²) in [4.78, 5) is 13.6. The standard InChI is InChI=1S/C23H31FN2O/c24-15-22-11-16-10-21(13-22,17-4-2-1-3-5-17)14-23(22,12-16)20(27)26-19-8-6-18(25)7-9-19/h1-5,16,18-19H,6-15,25H2,(H,26,27)/t16?,18-,19+,21-,22-,23?/m1/s1. The molecule has 0 saturated heterocycles. The van der Waals surface area contributed by atoms with E-state index in [2.05, 4.69) is 29.6 Å². The Morgan fingerprint density at radius 3 is 2.52 bits per heavy atom. The molecule has 0 aromatic heterocycles. The van der Waals surface area contributed by atoms with E-state index < -0.39 is 10.8 Å². The molecule has 1 aromatic rings. The van der Waals surface area contributed by atoms with Gasteiger partial charge in [0.15, 0.2) is 0 Å². The number of benzene rings is 1. The summed E-state index contributed by atoms with van der Waals surface area (Å²) < 4.78 is 14.6. The summed E-state index contributed by atoms with van der Waals surface area (Å²) in [6, 6.07) is 11.1. The molecule has 3 N–H and O–H groups in total. The van der Waals surface area contributed by atoms with Gasteiger partial charge in [-0.25, -0.2) is 0 Å². The molecule has 146 valence electrons. The molecule has 27 heavy (non-hydrogen) atoms. The normalized spacial score (nSPS) is 45.2. The molecular weight excluding hydrogens is 339 g/mol. The molecule has 0 radical (unpaired) electrons. The molecule has 5 aliphatic rings. The second-order valence-electron chi connectivity index (χ2n) is 10.1. The molecule has 4 atom stereocenters. The fraction of sp³-hybridized carbons (Fsp3) is 0.696. The number of hydrogen-bond acceptors (Lipinski definition) is 2. The van der Waals surface area contributed by atoms with Crippen LogP contribution in [0.5, 0.6) is 0 Å². The summed E-state index contributed by atoms with van der Waals surface area (Å²) in [5, 5.41) is 3.35. The Morgan fingerprint density at radius 1 is 1.07 bits per heavy atom. The smallest absolute Gasteiger partial charge is 0.227 e. The second kappa shape index (κ2) is 6.04. The Bertz CT molecular complexity index is 731. The van der Waals surface area contributed by atoms with Gasteiger partial charge in [-0.1, -0.05) is 30.3 Å². The maximum Gasteiger partial charge on any atom is 0.227 e. The minimum Gasteiger partial charge on any atom is -0.353 e. The first kappa shape index (κ1) is 17.7. The number of rotatable bonds is 4. The van der Waals surface area contributed by atoms with E-state index in [1.165, 1.54) is 5.56 Å². The molecule has 4 bridgehead atoms. The molecule has 0 spiro atoms. The minimum atomic E-state index is -0.514. The number of halogens is 1. The van der Waals surface area contributed by atoms with Gasteiger partial charge < -0.3 is 11.1 Å². The van der Waals surface area contributed by atoms with Gasteiger partial charge in [-0.2, -0.15) is 0 Å². The van der Waals surface area contributed by atoms with Crippen LogP contribution < -0.4 is 11.1 Å². The van der Waals surface area contributed by atoms with E-state index in [0.29, 0.717) is 5.92 Å². The van der Waals surface area contributed by atoms with E-state index in [1.54, 1.807) is 0 Å². The predicted molar refractivity (Wildman–Crippen MR) is 104 cm³/mol. The van der Waals surface area contributed by atoms with Gasteiger partial charge in [0.05, 0.1) is 12.1 Å². The average Bonchev–Trinajstić information content (AvgIpc) is 3.04. The summed E-state index contributed by atoms with van der Waals surface area (Å²) in [6.07, 6.45) is 8.41. The number of amides is 1. The third-order valence-electron chi connectivity index (χ3n) is 8.51. The lowest BCUT2D eigenvalue weighted by Gasteiger charge is -2.41. The first-order valence-corrected chi connectivity index (χ1v) is 10.7.